The van der Waals surface area contributed by atoms with Gasteiger partial charge in [0.1, 0.15) is 17.3 Å². The Bertz CT molecular complexity index is 1330. The van der Waals surface area contributed by atoms with Gasteiger partial charge in [0.15, 0.2) is 11.5 Å². The summed E-state index contributed by atoms with van der Waals surface area (Å²) in [5.74, 6) is -0.160. The van der Waals surface area contributed by atoms with Crippen LogP contribution in [0.3, 0.4) is 0 Å². The molecule has 2 aromatic carbocycles. The van der Waals surface area contributed by atoms with E-state index in [0.717, 1.165) is 0 Å². The second kappa shape index (κ2) is 10.7. The molecule has 0 spiro atoms. The van der Waals surface area contributed by atoms with Gasteiger partial charge in [0.05, 0.1) is 16.1 Å². The average Bonchev–Trinajstić information content (AvgIpc) is 3.54. The van der Waals surface area contributed by atoms with E-state index in [2.05, 4.69) is 10.6 Å². The van der Waals surface area contributed by atoms with Gasteiger partial charge in [-0.15, -0.1) is 0 Å². The van der Waals surface area contributed by atoms with Crippen LogP contribution in [0.1, 0.15) is 21.1 Å². The van der Waals surface area contributed by atoms with Crippen molar-refractivity contribution in [3.8, 4) is 22.6 Å². The van der Waals surface area contributed by atoms with Crippen molar-refractivity contribution in [2.24, 2.45) is 0 Å². The fourth-order valence-electron chi connectivity index (χ4n) is 2.96. The van der Waals surface area contributed by atoms with Crippen molar-refractivity contribution >= 4 is 17.5 Å². The largest absolute Gasteiger partial charge is 0.451 e. The molecule has 0 atom stereocenters. The van der Waals surface area contributed by atoms with Crippen LogP contribution in [0.4, 0.5) is 10.1 Å². The second-order valence-electron chi connectivity index (χ2n) is 6.74. The summed E-state index contributed by atoms with van der Waals surface area (Å²) in [6, 6.07) is 18.6. The number of halogens is 1. The molecule has 4 rings (SSSR count). The van der Waals surface area contributed by atoms with E-state index in [1.165, 1.54) is 44.4 Å². The van der Waals surface area contributed by atoms with E-state index in [1.807, 2.05) is 0 Å². The summed E-state index contributed by atoms with van der Waals surface area (Å²) in [6.45, 7) is 0. The summed E-state index contributed by atoms with van der Waals surface area (Å²) in [5.41, 5.74) is 0.630. The Labute approximate surface area is 193 Å². The topological polar surface area (TPSA) is 128 Å². The predicted octanol–water partition coefficient (Wildman–Crippen LogP) is 4.66. The van der Waals surface area contributed by atoms with Crippen molar-refractivity contribution in [1.82, 2.24) is 10.6 Å². The van der Waals surface area contributed by atoms with Crippen molar-refractivity contribution in [3.05, 3.63) is 100 Å². The third-order valence-corrected chi connectivity index (χ3v) is 4.62. The van der Waals surface area contributed by atoms with Gasteiger partial charge >= 0.3 is 0 Å². The number of carbonyl (C=O) groups excluding carboxylic acids is 2. The zero-order valence-corrected chi connectivity index (χ0v) is 18.2. The summed E-state index contributed by atoms with van der Waals surface area (Å²) in [4.78, 5) is 33.0. The first kappa shape index (κ1) is 23.9. The zero-order chi connectivity index (χ0) is 24.7. The number of nitro groups is 1. The molecule has 0 saturated carbocycles. The third-order valence-electron chi connectivity index (χ3n) is 4.62. The normalized spacial score (nSPS) is 10.1. The van der Waals surface area contributed by atoms with Crippen LogP contribution in [-0.4, -0.2) is 30.8 Å². The highest BCUT2D eigenvalue weighted by Crippen LogP contribution is 2.30. The molecule has 0 aliphatic carbocycles. The van der Waals surface area contributed by atoms with Crippen LogP contribution in [0.25, 0.3) is 22.6 Å². The standard InChI is InChI=1S/C12H10FNO2.C12H10N2O4/c1-14-12(15)11-7-6-10(16-11)8-4-2-3-5-9(8)13;1-13-12(15)11-7-6-10(18-11)8-4-2-3-5-9(8)14(16)17/h2-7H,1H3,(H,14,15);2-7H,1H3,(H,13,15)/i13-1;. The van der Waals surface area contributed by atoms with Crippen LogP contribution in [0.5, 0.6) is 0 Å². The maximum absolute atomic E-state index is 13.4. The molecule has 0 aliphatic heterocycles. The van der Waals surface area contributed by atoms with Crippen LogP contribution < -0.4 is 10.6 Å². The molecule has 2 aromatic heterocycles. The number of para-hydroxylation sites is 1. The maximum Gasteiger partial charge on any atom is 0.286 e. The van der Waals surface area contributed by atoms with Gasteiger partial charge in [-0.1, -0.05) is 24.3 Å². The van der Waals surface area contributed by atoms with Crippen molar-refractivity contribution in [1.29, 1.82) is 0 Å². The van der Waals surface area contributed by atoms with Gasteiger partial charge in [0, 0.05) is 20.2 Å². The first-order valence-corrected chi connectivity index (χ1v) is 9.98. The number of nitrogens with one attached hydrogen (secondary N) is 2. The lowest BCUT2D eigenvalue weighted by Crippen LogP contribution is -2.16. The molecule has 2 heterocycles. The average molecular weight is 464 g/mol. The molecule has 34 heavy (non-hydrogen) atoms. The second-order valence-corrected chi connectivity index (χ2v) is 6.74. The number of amides is 2. The van der Waals surface area contributed by atoms with Gasteiger partial charge in [-0.3, -0.25) is 19.7 Å². The highest BCUT2D eigenvalue weighted by molar-refractivity contribution is 5.92. The van der Waals surface area contributed by atoms with E-state index in [1.54, 1.807) is 42.5 Å². The minimum atomic E-state index is -0.489. The molecule has 4 aromatic rings. The van der Waals surface area contributed by atoms with Gasteiger partial charge in [-0.2, -0.15) is 0 Å². The summed E-state index contributed by atoms with van der Waals surface area (Å²) < 4.78 is 24.0. The monoisotopic (exact) mass is 464 g/mol. The van der Waals surface area contributed by atoms with Crippen LogP contribution in [0.2, 0.25) is 0 Å². The van der Waals surface area contributed by atoms with Crippen molar-refractivity contribution in [3.63, 3.8) is 0 Å². The minimum Gasteiger partial charge on any atom is -0.451 e. The molecule has 0 aliphatic rings. The zero-order valence-electron chi connectivity index (χ0n) is 18.2. The number of nitrogens with zero attached hydrogens (tertiary/aromatic N) is 1. The number of carbonyl (C=O) groups is 2. The number of furan rings is 2. The molecule has 0 saturated heterocycles. The Kier molecular flexibility index (Phi) is 7.55. The first-order valence-electron chi connectivity index (χ1n) is 9.98. The highest BCUT2D eigenvalue weighted by Gasteiger charge is 2.18. The molecule has 9 nitrogen and oxygen atoms in total. The third kappa shape index (κ3) is 5.36. The van der Waals surface area contributed by atoms with E-state index in [9.17, 15) is 24.1 Å². The molecule has 10 heteroatoms. The van der Waals surface area contributed by atoms with E-state index in [0.29, 0.717) is 22.6 Å². The van der Waals surface area contributed by atoms with Crippen molar-refractivity contribution in [2.45, 2.75) is 0 Å². The summed E-state index contributed by atoms with van der Waals surface area (Å²) in [7, 11) is 2.99. The number of rotatable bonds is 5. The number of nitro benzene ring substituents is 1. The molecule has 2 amide bonds. The Hall–Kier alpha value is -4.73. The fraction of sp³-hybridized carbons (Fsp3) is 0.0833. The lowest BCUT2D eigenvalue weighted by molar-refractivity contribution is -0.384. The SMILES string of the molecule is CNC(=O)c1ccc(-c2ccccc2[18F])o1.CNC(=O)c1ccc(-c2ccccc2[N+](=O)[O-])o1. The molecule has 174 valence electrons. The van der Waals surface area contributed by atoms with Crippen LogP contribution in [-0.2, 0) is 0 Å². The van der Waals surface area contributed by atoms with Gasteiger partial charge in [0.2, 0.25) is 0 Å². The number of hydrogen-bond acceptors (Lipinski definition) is 6. The van der Waals surface area contributed by atoms with Crippen LogP contribution in [0, 0.1) is 15.9 Å². The minimum absolute atomic E-state index is 0.0599. The Morgan fingerprint density at radius 1 is 0.765 bits per heavy atom. The molecular weight excluding hydrogens is 444 g/mol. The predicted molar refractivity (Wildman–Crippen MR) is 122 cm³/mol. The van der Waals surface area contributed by atoms with Crippen molar-refractivity contribution in [2.75, 3.05) is 14.1 Å². The smallest absolute Gasteiger partial charge is 0.286 e. The lowest BCUT2D eigenvalue weighted by Gasteiger charge is -1.99. The van der Waals surface area contributed by atoms with E-state index < -0.39 is 4.92 Å². The number of benzene rings is 2. The summed E-state index contributed by atoms with van der Waals surface area (Å²) >= 11 is 0. The molecule has 2 N–H and O–H groups in total. The first-order chi connectivity index (χ1) is 16.3. The van der Waals surface area contributed by atoms with Crippen LogP contribution >= 0.6 is 0 Å². The maximum atomic E-state index is 13.4. The van der Waals surface area contributed by atoms with E-state index in [-0.39, 0.29) is 34.8 Å². The van der Waals surface area contributed by atoms with Gasteiger partial charge < -0.3 is 19.5 Å². The van der Waals surface area contributed by atoms with Gasteiger partial charge in [0.25, 0.3) is 17.5 Å². The summed E-state index contributed by atoms with van der Waals surface area (Å²) in [6.07, 6.45) is 0. The Morgan fingerprint density at radius 3 is 1.74 bits per heavy atom. The molecular formula is C24H20FN3O6. The molecule has 0 radical (unpaired) electrons. The van der Waals surface area contributed by atoms with Gasteiger partial charge in [-0.25, -0.2) is 4.39 Å². The lowest BCUT2D eigenvalue weighted by atomic mass is 10.1. The fourth-order valence-corrected chi connectivity index (χ4v) is 2.96. The van der Waals surface area contributed by atoms with E-state index in [4.69, 9.17) is 8.83 Å². The van der Waals surface area contributed by atoms with Crippen molar-refractivity contribution < 1.29 is 27.7 Å². The van der Waals surface area contributed by atoms with Crippen LogP contribution in [0.15, 0.2) is 81.6 Å². The molecule has 0 fully saturated rings. The molecule has 0 bridgehead atoms. The van der Waals surface area contributed by atoms with Gasteiger partial charge in [-0.05, 0) is 42.5 Å². The number of hydrogen-bond donors (Lipinski definition) is 2. The molecule has 0 unspecified atom stereocenters. The highest BCUT2D eigenvalue weighted by atomic mass is 18.2. The Balaban J connectivity index is 0.000000192. The summed E-state index contributed by atoms with van der Waals surface area (Å²) in [5, 5.41) is 15.7. The quantitative estimate of drug-likeness (QED) is 0.327. The van der Waals surface area contributed by atoms with E-state index >= 15 is 0 Å². The Morgan fingerprint density at radius 2 is 1.24 bits per heavy atom.